The largest absolute Gasteiger partial charge is 0.480 e. The quantitative estimate of drug-likeness (QED) is 0.338. The summed E-state index contributed by atoms with van der Waals surface area (Å²) in [6.45, 7) is 1.55. The molecule has 2 aliphatic heterocycles. The number of nitrogen functional groups attached to an aromatic ring is 1. The standard InChI is InChI=1S/C28H29ClF3N5O5S/c1-43(40,41)18-4-2-3-16(11-18)20-12-17(29)5-6-19(20)24(28(30,31)32)42-23-13-22(35-26(33)36-23)37-9-7-27(8-10-37)14-21(25(38)39)34-15-27/h2-6,11-13,21,24,34H,7-10,14-15H2,1H3,(H,38,39)(H2,33,35,36)/t21-,24+/m0/s1. The van der Waals surface area contributed by atoms with Gasteiger partial charge in [-0.25, -0.2) is 8.42 Å². The fourth-order valence-corrected chi connectivity index (χ4v) is 6.50. The Morgan fingerprint density at radius 3 is 2.53 bits per heavy atom. The zero-order valence-electron chi connectivity index (χ0n) is 22.9. The Morgan fingerprint density at radius 2 is 1.91 bits per heavy atom. The predicted octanol–water partition coefficient (Wildman–Crippen LogP) is 4.50. The smallest absolute Gasteiger partial charge is 0.429 e. The molecule has 0 radical (unpaired) electrons. The van der Waals surface area contributed by atoms with E-state index in [1.165, 1.54) is 48.5 Å². The molecular formula is C28H29ClF3N5O5S. The highest BCUT2D eigenvalue weighted by Gasteiger charge is 2.46. The van der Waals surface area contributed by atoms with Gasteiger partial charge in [-0.2, -0.15) is 23.1 Å². The summed E-state index contributed by atoms with van der Waals surface area (Å²) in [5.74, 6) is -1.28. The van der Waals surface area contributed by atoms with Gasteiger partial charge < -0.3 is 25.8 Å². The number of nitrogens with one attached hydrogen (secondary N) is 1. The number of halogens is 4. The number of rotatable bonds is 7. The SMILES string of the molecule is CS(=O)(=O)c1cccc(-c2cc(Cl)ccc2[C@@H](Oc2cc(N3CCC4(CC3)CN[C@H](C(=O)O)C4)nc(N)n2)C(F)(F)F)c1. The van der Waals surface area contributed by atoms with Gasteiger partial charge in [0.25, 0.3) is 0 Å². The summed E-state index contributed by atoms with van der Waals surface area (Å²) < 4.78 is 73.5. The van der Waals surface area contributed by atoms with Crippen LogP contribution in [0.15, 0.2) is 53.4 Å². The number of aromatic nitrogens is 2. The Hall–Kier alpha value is -3.62. The molecule has 15 heteroatoms. The molecule has 1 aromatic heterocycles. The van der Waals surface area contributed by atoms with E-state index in [4.69, 9.17) is 22.1 Å². The lowest BCUT2D eigenvalue weighted by atomic mass is 9.76. The van der Waals surface area contributed by atoms with Gasteiger partial charge in [0.1, 0.15) is 11.9 Å². The average molecular weight is 640 g/mol. The molecule has 3 aromatic rings. The van der Waals surface area contributed by atoms with Crippen molar-refractivity contribution in [3.8, 4) is 17.0 Å². The third-order valence-electron chi connectivity index (χ3n) is 7.92. The number of piperidine rings is 1. The molecule has 230 valence electrons. The molecule has 10 nitrogen and oxygen atoms in total. The lowest BCUT2D eigenvalue weighted by Crippen LogP contribution is -2.41. The number of hydrogen-bond acceptors (Lipinski definition) is 9. The van der Waals surface area contributed by atoms with Crippen molar-refractivity contribution in [1.29, 1.82) is 0 Å². The molecule has 0 bridgehead atoms. The van der Waals surface area contributed by atoms with E-state index in [1.54, 1.807) is 0 Å². The Labute approximate surface area is 250 Å². The van der Waals surface area contributed by atoms with Crippen molar-refractivity contribution in [1.82, 2.24) is 15.3 Å². The number of anilines is 2. The second-order valence-electron chi connectivity index (χ2n) is 11.0. The van der Waals surface area contributed by atoms with Gasteiger partial charge >= 0.3 is 12.1 Å². The predicted molar refractivity (Wildman–Crippen MR) is 154 cm³/mol. The Kier molecular flexibility index (Phi) is 8.22. The van der Waals surface area contributed by atoms with E-state index in [0.29, 0.717) is 38.9 Å². The van der Waals surface area contributed by atoms with Gasteiger partial charge in [-0.15, -0.1) is 0 Å². The Morgan fingerprint density at radius 1 is 1.19 bits per heavy atom. The van der Waals surface area contributed by atoms with Crippen molar-refractivity contribution < 1.29 is 36.2 Å². The number of sulfone groups is 1. The molecule has 2 fully saturated rings. The van der Waals surface area contributed by atoms with Crippen LogP contribution in [-0.4, -0.2) is 67.6 Å². The summed E-state index contributed by atoms with van der Waals surface area (Å²) >= 11 is 6.16. The summed E-state index contributed by atoms with van der Waals surface area (Å²) in [6.07, 6.45) is -4.59. The number of carbonyl (C=O) groups is 1. The molecule has 0 amide bonds. The van der Waals surface area contributed by atoms with Gasteiger partial charge in [-0.3, -0.25) is 4.79 Å². The Balaban J connectivity index is 1.44. The number of ether oxygens (including phenoxy) is 1. The zero-order valence-corrected chi connectivity index (χ0v) is 24.5. The van der Waals surface area contributed by atoms with E-state index < -0.39 is 40.0 Å². The van der Waals surface area contributed by atoms with E-state index in [2.05, 4.69) is 15.3 Å². The topological polar surface area (TPSA) is 148 Å². The maximum absolute atomic E-state index is 14.6. The molecule has 2 atom stereocenters. The fourth-order valence-electron chi connectivity index (χ4n) is 5.66. The first-order valence-corrected chi connectivity index (χ1v) is 15.6. The molecule has 0 unspecified atom stereocenters. The van der Waals surface area contributed by atoms with Crippen molar-refractivity contribution in [3.05, 3.63) is 59.1 Å². The maximum Gasteiger partial charge on any atom is 0.429 e. The van der Waals surface area contributed by atoms with Crippen LogP contribution in [0.2, 0.25) is 5.02 Å². The van der Waals surface area contributed by atoms with Crippen LogP contribution >= 0.6 is 11.6 Å². The average Bonchev–Trinajstić information content (AvgIpc) is 3.35. The molecular weight excluding hydrogens is 611 g/mol. The van der Waals surface area contributed by atoms with E-state index >= 15 is 0 Å². The minimum Gasteiger partial charge on any atom is -0.480 e. The van der Waals surface area contributed by atoms with Gasteiger partial charge in [0.2, 0.25) is 17.9 Å². The lowest BCUT2D eigenvalue weighted by Gasteiger charge is -2.39. The summed E-state index contributed by atoms with van der Waals surface area (Å²) in [5.41, 5.74) is 5.65. The van der Waals surface area contributed by atoms with Crippen LogP contribution in [0.4, 0.5) is 24.9 Å². The first kappa shape index (κ1) is 30.8. The minimum atomic E-state index is -4.91. The highest BCUT2D eigenvalue weighted by molar-refractivity contribution is 7.90. The molecule has 0 saturated carbocycles. The number of nitrogens with zero attached hydrogens (tertiary/aromatic N) is 3. The first-order valence-electron chi connectivity index (χ1n) is 13.3. The highest BCUT2D eigenvalue weighted by Crippen LogP contribution is 2.43. The van der Waals surface area contributed by atoms with Crippen LogP contribution in [0.3, 0.4) is 0 Å². The second-order valence-corrected chi connectivity index (χ2v) is 13.4. The van der Waals surface area contributed by atoms with Crippen LogP contribution in [0.25, 0.3) is 11.1 Å². The van der Waals surface area contributed by atoms with Gasteiger partial charge in [0, 0.05) is 42.5 Å². The molecule has 1 spiro atoms. The van der Waals surface area contributed by atoms with Crippen molar-refractivity contribution in [2.24, 2.45) is 5.41 Å². The maximum atomic E-state index is 14.6. The van der Waals surface area contributed by atoms with Crippen molar-refractivity contribution in [3.63, 3.8) is 0 Å². The third-order valence-corrected chi connectivity index (χ3v) is 9.27. The fraction of sp³-hybridized carbons (Fsp3) is 0.393. The first-order chi connectivity index (χ1) is 20.1. The third kappa shape index (κ3) is 6.81. The minimum absolute atomic E-state index is 0.0359. The van der Waals surface area contributed by atoms with Gasteiger partial charge in [-0.1, -0.05) is 29.8 Å². The molecule has 43 heavy (non-hydrogen) atoms. The molecule has 2 saturated heterocycles. The van der Waals surface area contributed by atoms with E-state index in [0.717, 1.165) is 6.26 Å². The van der Waals surface area contributed by atoms with Crippen LogP contribution in [-0.2, 0) is 14.6 Å². The van der Waals surface area contributed by atoms with Crippen LogP contribution in [0.5, 0.6) is 5.88 Å². The number of alkyl halides is 3. The van der Waals surface area contributed by atoms with E-state index in [9.17, 15) is 31.5 Å². The van der Waals surface area contributed by atoms with Crippen LogP contribution < -0.4 is 20.7 Å². The molecule has 2 aromatic carbocycles. The number of carboxylic acids is 1. The summed E-state index contributed by atoms with van der Waals surface area (Å²) in [7, 11) is -3.64. The molecule has 5 rings (SSSR count). The van der Waals surface area contributed by atoms with Crippen molar-refractivity contribution >= 4 is 39.2 Å². The van der Waals surface area contributed by atoms with Crippen LogP contribution in [0, 0.1) is 5.41 Å². The number of hydrogen-bond donors (Lipinski definition) is 3. The lowest BCUT2D eigenvalue weighted by molar-refractivity contribution is -0.198. The number of carboxylic acid groups (broad SMARTS) is 1. The number of nitrogens with two attached hydrogens (primary N) is 1. The molecule has 3 heterocycles. The zero-order chi connectivity index (χ0) is 31.2. The highest BCUT2D eigenvalue weighted by atomic mass is 35.5. The number of benzene rings is 2. The normalized spacial score (nSPS) is 19.4. The van der Waals surface area contributed by atoms with Crippen molar-refractivity contribution in [2.45, 2.75) is 42.5 Å². The van der Waals surface area contributed by atoms with Gasteiger partial charge in [0.15, 0.2) is 9.84 Å². The van der Waals surface area contributed by atoms with Gasteiger partial charge in [0.05, 0.1) is 4.90 Å². The van der Waals surface area contributed by atoms with E-state index in [1.807, 2.05) is 4.90 Å². The molecule has 4 N–H and O–H groups in total. The van der Waals surface area contributed by atoms with Crippen LogP contribution in [0.1, 0.15) is 30.9 Å². The second kappa shape index (κ2) is 11.5. The summed E-state index contributed by atoms with van der Waals surface area (Å²) in [5, 5.41) is 12.5. The van der Waals surface area contributed by atoms with Gasteiger partial charge in [-0.05, 0) is 60.1 Å². The molecule has 2 aliphatic rings. The number of aliphatic carboxylic acids is 1. The summed E-state index contributed by atoms with van der Waals surface area (Å²) in [4.78, 5) is 21.3. The summed E-state index contributed by atoms with van der Waals surface area (Å²) in [6, 6.07) is 10.0. The Bertz CT molecular complexity index is 1650. The van der Waals surface area contributed by atoms with E-state index in [-0.39, 0.29) is 43.8 Å². The molecule has 0 aliphatic carbocycles. The van der Waals surface area contributed by atoms with Crippen molar-refractivity contribution in [2.75, 3.05) is 36.5 Å². The monoisotopic (exact) mass is 639 g/mol.